The first-order chi connectivity index (χ1) is 11.5. The first-order valence-electron chi connectivity index (χ1n) is 8.03. The molecule has 124 valence electrons. The third-order valence-electron chi connectivity index (χ3n) is 3.76. The van der Waals surface area contributed by atoms with Crippen LogP contribution in [-0.2, 0) is 11.3 Å². The molecule has 0 saturated heterocycles. The second-order valence-corrected chi connectivity index (χ2v) is 5.91. The summed E-state index contributed by atoms with van der Waals surface area (Å²) in [5, 5.41) is 9.14. The fraction of sp³-hybridized carbons (Fsp3) is 0.300. The van der Waals surface area contributed by atoms with E-state index in [0.29, 0.717) is 17.9 Å². The lowest BCUT2D eigenvalue weighted by Gasteiger charge is -2.29. The fourth-order valence-corrected chi connectivity index (χ4v) is 2.43. The van der Waals surface area contributed by atoms with Gasteiger partial charge in [-0.2, -0.15) is 5.26 Å². The van der Waals surface area contributed by atoms with Gasteiger partial charge in [0.05, 0.1) is 5.56 Å². The number of nitrogens with zero attached hydrogens (tertiary/aromatic N) is 2. The molecule has 2 aromatic carbocycles. The van der Waals surface area contributed by atoms with Gasteiger partial charge in [-0.05, 0) is 38.5 Å². The van der Waals surface area contributed by atoms with Crippen LogP contribution < -0.4 is 4.74 Å². The third-order valence-corrected chi connectivity index (χ3v) is 3.76. The summed E-state index contributed by atoms with van der Waals surface area (Å²) >= 11 is 0. The number of ether oxygens (including phenoxy) is 1. The summed E-state index contributed by atoms with van der Waals surface area (Å²) in [6.07, 6.45) is -0.661. The maximum atomic E-state index is 12.8. The molecule has 0 saturated carbocycles. The predicted molar refractivity (Wildman–Crippen MR) is 93.4 cm³/mol. The Morgan fingerprint density at radius 1 is 1.08 bits per heavy atom. The Morgan fingerprint density at radius 2 is 1.71 bits per heavy atom. The largest absolute Gasteiger partial charge is 0.480 e. The van der Waals surface area contributed by atoms with Crippen molar-refractivity contribution < 1.29 is 9.53 Å². The van der Waals surface area contributed by atoms with Crippen molar-refractivity contribution >= 4 is 5.91 Å². The minimum absolute atomic E-state index is 0.0509. The molecule has 2 aromatic rings. The molecule has 0 fully saturated rings. The first-order valence-corrected chi connectivity index (χ1v) is 8.03. The summed E-state index contributed by atoms with van der Waals surface area (Å²) in [4.78, 5) is 14.6. The summed E-state index contributed by atoms with van der Waals surface area (Å²) in [5.41, 5.74) is 1.50. The van der Waals surface area contributed by atoms with E-state index in [1.165, 1.54) is 0 Å². The Morgan fingerprint density at radius 3 is 2.33 bits per heavy atom. The van der Waals surface area contributed by atoms with Crippen LogP contribution in [-0.4, -0.2) is 23.0 Å². The summed E-state index contributed by atoms with van der Waals surface area (Å²) in [5.74, 6) is 0.339. The van der Waals surface area contributed by atoms with Crippen LogP contribution in [0.2, 0.25) is 0 Å². The molecule has 4 nitrogen and oxygen atoms in total. The number of hydrogen-bond donors (Lipinski definition) is 0. The second-order valence-electron chi connectivity index (χ2n) is 5.91. The number of rotatable bonds is 6. The summed E-state index contributed by atoms with van der Waals surface area (Å²) < 4.78 is 5.75. The van der Waals surface area contributed by atoms with E-state index in [9.17, 15) is 4.79 Å². The first kappa shape index (κ1) is 17.6. The molecule has 0 aromatic heterocycles. The molecule has 0 heterocycles. The van der Waals surface area contributed by atoms with Gasteiger partial charge in [0.2, 0.25) is 0 Å². The van der Waals surface area contributed by atoms with Gasteiger partial charge in [0.25, 0.3) is 5.91 Å². The Balaban J connectivity index is 2.13. The number of nitriles is 1. The number of carbonyl (C=O) groups is 1. The van der Waals surface area contributed by atoms with Crippen molar-refractivity contribution in [1.82, 2.24) is 4.90 Å². The van der Waals surface area contributed by atoms with Crippen LogP contribution in [0.1, 0.15) is 31.9 Å². The van der Waals surface area contributed by atoms with Crippen LogP contribution in [0.5, 0.6) is 5.75 Å². The highest BCUT2D eigenvalue weighted by molar-refractivity contribution is 5.81. The normalized spacial score (nSPS) is 11.6. The van der Waals surface area contributed by atoms with Crippen LogP contribution in [0.25, 0.3) is 0 Å². The van der Waals surface area contributed by atoms with E-state index in [0.717, 1.165) is 5.56 Å². The van der Waals surface area contributed by atoms with E-state index in [-0.39, 0.29) is 11.9 Å². The lowest BCUT2D eigenvalue weighted by molar-refractivity contribution is -0.140. The molecule has 0 aliphatic rings. The van der Waals surface area contributed by atoms with Crippen LogP contribution in [0.15, 0.2) is 54.6 Å². The molecule has 1 amide bonds. The van der Waals surface area contributed by atoms with Crippen molar-refractivity contribution in [1.29, 1.82) is 5.26 Å². The van der Waals surface area contributed by atoms with E-state index in [1.807, 2.05) is 44.2 Å². The Labute approximate surface area is 143 Å². The second kappa shape index (κ2) is 8.16. The van der Waals surface area contributed by atoms with E-state index < -0.39 is 6.10 Å². The van der Waals surface area contributed by atoms with Crippen LogP contribution in [0, 0.1) is 11.3 Å². The Bertz CT molecular complexity index is 720. The number of para-hydroxylation sites is 1. The summed E-state index contributed by atoms with van der Waals surface area (Å²) in [6, 6.07) is 19.0. The molecule has 1 atom stereocenters. The van der Waals surface area contributed by atoms with Crippen molar-refractivity contribution in [3.63, 3.8) is 0 Å². The van der Waals surface area contributed by atoms with Crippen LogP contribution in [0.3, 0.4) is 0 Å². The Hall–Kier alpha value is -2.80. The lowest BCUT2D eigenvalue weighted by Crippen LogP contribution is -2.43. The molecule has 0 bridgehead atoms. The van der Waals surface area contributed by atoms with Gasteiger partial charge in [0, 0.05) is 12.6 Å². The number of amides is 1. The van der Waals surface area contributed by atoms with Crippen molar-refractivity contribution in [3.05, 3.63) is 65.7 Å². The molecule has 4 heteroatoms. The Kier molecular flexibility index (Phi) is 5.97. The average Bonchev–Trinajstić information content (AvgIpc) is 2.60. The molecule has 0 spiro atoms. The van der Waals surface area contributed by atoms with Crippen molar-refractivity contribution in [2.75, 3.05) is 0 Å². The van der Waals surface area contributed by atoms with E-state index in [2.05, 4.69) is 6.07 Å². The maximum Gasteiger partial charge on any atom is 0.263 e. The molecule has 0 radical (unpaired) electrons. The van der Waals surface area contributed by atoms with Gasteiger partial charge >= 0.3 is 0 Å². The zero-order valence-corrected chi connectivity index (χ0v) is 14.3. The summed E-state index contributed by atoms with van der Waals surface area (Å²) in [6.45, 7) is 6.22. The minimum Gasteiger partial charge on any atom is -0.480 e. The topological polar surface area (TPSA) is 53.3 Å². The molecule has 24 heavy (non-hydrogen) atoms. The summed E-state index contributed by atoms with van der Waals surface area (Å²) in [7, 11) is 0. The molecule has 0 N–H and O–H groups in total. The molecule has 2 rings (SSSR count). The number of hydrogen-bond acceptors (Lipinski definition) is 3. The van der Waals surface area contributed by atoms with Crippen LogP contribution >= 0.6 is 0 Å². The van der Waals surface area contributed by atoms with E-state index in [4.69, 9.17) is 10.00 Å². The molecule has 1 unspecified atom stereocenters. The highest BCUT2D eigenvalue weighted by Crippen LogP contribution is 2.19. The van der Waals surface area contributed by atoms with E-state index >= 15 is 0 Å². The van der Waals surface area contributed by atoms with Crippen molar-refractivity contribution in [3.8, 4) is 11.8 Å². The zero-order valence-electron chi connectivity index (χ0n) is 14.3. The molecule has 0 aliphatic carbocycles. The maximum absolute atomic E-state index is 12.8. The molecular formula is C20H22N2O2. The van der Waals surface area contributed by atoms with Crippen molar-refractivity contribution in [2.45, 2.75) is 39.5 Å². The van der Waals surface area contributed by atoms with E-state index in [1.54, 1.807) is 36.1 Å². The van der Waals surface area contributed by atoms with Gasteiger partial charge in [-0.1, -0.05) is 42.5 Å². The van der Waals surface area contributed by atoms with Gasteiger partial charge < -0.3 is 9.64 Å². The van der Waals surface area contributed by atoms with Gasteiger partial charge in [-0.3, -0.25) is 4.79 Å². The molecule has 0 aliphatic heterocycles. The van der Waals surface area contributed by atoms with Gasteiger partial charge in [0.15, 0.2) is 6.10 Å². The zero-order chi connectivity index (χ0) is 17.5. The average molecular weight is 322 g/mol. The van der Waals surface area contributed by atoms with Gasteiger partial charge in [-0.25, -0.2) is 0 Å². The van der Waals surface area contributed by atoms with Gasteiger partial charge in [0.1, 0.15) is 11.8 Å². The van der Waals surface area contributed by atoms with Crippen molar-refractivity contribution in [2.24, 2.45) is 0 Å². The van der Waals surface area contributed by atoms with Gasteiger partial charge in [-0.15, -0.1) is 0 Å². The number of carbonyl (C=O) groups excluding carboxylic acids is 1. The fourth-order valence-electron chi connectivity index (χ4n) is 2.43. The highest BCUT2D eigenvalue weighted by atomic mass is 16.5. The lowest BCUT2D eigenvalue weighted by atomic mass is 10.1. The predicted octanol–water partition coefficient (Wildman–Crippen LogP) is 3.76. The quantitative estimate of drug-likeness (QED) is 0.813. The third kappa shape index (κ3) is 4.36. The highest BCUT2D eigenvalue weighted by Gasteiger charge is 2.25. The standard InChI is InChI=1S/C20H22N2O2/c1-15(2)22(14-17-9-5-4-6-10-17)20(23)16(3)24-19-12-8-7-11-18(19)13-21/h4-12,15-16H,14H2,1-3H3. The number of benzene rings is 2. The minimum atomic E-state index is -0.661. The molecular weight excluding hydrogens is 300 g/mol. The van der Waals surface area contributed by atoms with Crippen LogP contribution in [0.4, 0.5) is 0 Å². The smallest absolute Gasteiger partial charge is 0.263 e. The monoisotopic (exact) mass is 322 g/mol. The SMILES string of the molecule is CC(Oc1ccccc1C#N)C(=O)N(Cc1ccccc1)C(C)C.